The number of hydrogen-bond acceptors (Lipinski definition) is 4. The Morgan fingerprint density at radius 3 is 2.84 bits per heavy atom. The van der Waals surface area contributed by atoms with Gasteiger partial charge in [0.05, 0.1) is 6.54 Å². The molecule has 25 heavy (non-hydrogen) atoms. The topological polar surface area (TPSA) is 73.5 Å². The van der Waals surface area contributed by atoms with Crippen LogP contribution in [0.2, 0.25) is 0 Å². The summed E-state index contributed by atoms with van der Waals surface area (Å²) in [6.07, 6.45) is 2.15. The molecule has 2 amide bonds. The summed E-state index contributed by atoms with van der Waals surface area (Å²) in [5.41, 5.74) is 1.60. The molecule has 0 radical (unpaired) electrons. The van der Waals surface area contributed by atoms with Crippen molar-refractivity contribution in [3.8, 4) is 0 Å². The van der Waals surface area contributed by atoms with Gasteiger partial charge in [0.25, 0.3) is 5.91 Å². The van der Waals surface area contributed by atoms with Crippen LogP contribution in [0.25, 0.3) is 0 Å². The molecular weight excluding hydrogens is 340 g/mol. The quantitative estimate of drug-likeness (QED) is 0.699. The highest BCUT2D eigenvalue weighted by Crippen LogP contribution is 2.19. The van der Waals surface area contributed by atoms with Crippen LogP contribution in [0.4, 0.5) is 0 Å². The number of amides is 2. The van der Waals surface area contributed by atoms with Crippen LogP contribution in [-0.2, 0) is 11.3 Å². The molecule has 2 aliphatic rings. The van der Waals surface area contributed by atoms with Gasteiger partial charge >= 0.3 is 0 Å². The standard InChI is InChI=1S/C18H26N4O2.ClH/c1-13-10-19-7-8-22(13)12-17(23)20-11-14-3-2-4-15(9-14)18(24)21-16-5-6-16;/h2-4,9,13,16,19H,5-8,10-12H2,1H3,(H,20,23)(H,21,24);1H/t13-;/m1./s1. The summed E-state index contributed by atoms with van der Waals surface area (Å²) < 4.78 is 0. The molecule has 1 heterocycles. The highest BCUT2D eigenvalue weighted by Gasteiger charge is 2.24. The Bertz CT molecular complexity index is 606. The van der Waals surface area contributed by atoms with Crippen LogP contribution in [-0.4, -0.2) is 55.0 Å². The van der Waals surface area contributed by atoms with E-state index in [1.807, 2.05) is 24.3 Å². The Hall–Kier alpha value is -1.63. The lowest BCUT2D eigenvalue weighted by Crippen LogP contribution is -2.52. The van der Waals surface area contributed by atoms with Gasteiger partial charge in [0.1, 0.15) is 0 Å². The van der Waals surface area contributed by atoms with Gasteiger partial charge in [-0.1, -0.05) is 12.1 Å². The van der Waals surface area contributed by atoms with E-state index in [1.165, 1.54) is 0 Å². The summed E-state index contributed by atoms with van der Waals surface area (Å²) >= 11 is 0. The summed E-state index contributed by atoms with van der Waals surface area (Å²) in [6, 6.07) is 8.18. The molecule has 2 fully saturated rings. The molecule has 1 aliphatic heterocycles. The molecule has 1 aliphatic carbocycles. The second-order valence-electron chi connectivity index (χ2n) is 6.75. The first-order valence-corrected chi connectivity index (χ1v) is 8.73. The van der Waals surface area contributed by atoms with Gasteiger partial charge in [-0.25, -0.2) is 0 Å². The van der Waals surface area contributed by atoms with Crippen LogP contribution in [0.15, 0.2) is 24.3 Å². The molecular formula is C18H27ClN4O2. The van der Waals surface area contributed by atoms with Crippen molar-refractivity contribution in [1.82, 2.24) is 20.9 Å². The number of benzene rings is 1. The Morgan fingerprint density at radius 1 is 1.32 bits per heavy atom. The van der Waals surface area contributed by atoms with E-state index in [9.17, 15) is 9.59 Å². The molecule has 1 aromatic rings. The molecule has 0 unspecified atom stereocenters. The van der Waals surface area contributed by atoms with E-state index >= 15 is 0 Å². The Morgan fingerprint density at radius 2 is 2.12 bits per heavy atom. The molecule has 6 nitrogen and oxygen atoms in total. The van der Waals surface area contributed by atoms with Crippen molar-refractivity contribution >= 4 is 24.2 Å². The van der Waals surface area contributed by atoms with E-state index in [-0.39, 0.29) is 24.2 Å². The number of hydrogen-bond donors (Lipinski definition) is 3. The van der Waals surface area contributed by atoms with Gasteiger partial charge in [-0.15, -0.1) is 12.4 Å². The van der Waals surface area contributed by atoms with E-state index in [4.69, 9.17) is 0 Å². The monoisotopic (exact) mass is 366 g/mol. The predicted molar refractivity (Wildman–Crippen MR) is 99.9 cm³/mol. The molecule has 1 saturated carbocycles. The van der Waals surface area contributed by atoms with Crippen LogP contribution in [0.5, 0.6) is 0 Å². The first kappa shape index (κ1) is 19.7. The Kier molecular flexibility index (Phi) is 7.23. The fourth-order valence-electron chi connectivity index (χ4n) is 2.88. The Balaban J connectivity index is 0.00000225. The number of piperazine rings is 1. The summed E-state index contributed by atoms with van der Waals surface area (Å²) in [7, 11) is 0. The van der Waals surface area contributed by atoms with Crippen molar-refractivity contribution in [3.05, 3.63) is 35.4 Å². The first-order chi connectivity index (χ1) is 11.6. The number of nitrogens with one attached hydrogen (secondary N) is 3. The molecule has 0 bridgehead atoms. The normalized spacial score (nSPS) is 20.4. The van der Waals surface area contributed by atoms with Crippen LogP contribution in [0.1, 0.15) is 35.7 Å². The fourth-order valence-corrected chi connectivity index (χ4v) is 2.88. The first-order valence-electron chi connectivity index (χ1n) is 8.73. The van der Waals surface area contributed by atoms with Crippen LogP contribution in [0.3, 0.4) is 0 Å². The van der Waals surface area contributed by atoms with Crippen LogP contribution in [0, 0.1) is 0 Å². The molecule has 3 rings (SSSR count). The molecule has 0 aromatic heterocycles. The average Bonchev–Trinajstić information content (AvgIpc) is 3.39. The minimum atomic E-state index is -0.0275. The van der Waals surface area contributed by atoms with Gasteiger partial charge in [0.2, 0.25) is 5.91 Å². The second kappa shape index (κ2) is 9.17. The largest absolute Gasteiger partial charge is 0.351 e. The lowest BCUT2D eigenvalue weighted by atomic mass is 10.1. The SMILES string of the molecule is C[C@@H]1CNCCN1CC(=O)NCc1cccc(C(=O)NC2CC2)c1.Cl. The smallest absolute Gasteiger partial charge is 0.251 e. The number of rotatable bonds is 6. The Labute approximate surface area is 155 Å². The number of carbonyl (C=O) groups is 2. The number of carbonyl (C=O) groups excluding carboxylic acids is 2. The molecule has 3 N–H and O–H groups in total. The van der Waals surface area contributed by atoms with Crippen molar-refractivity contribution < 1.29 is 9.59 Å². The lowest BCUT2D eigenvalue weighted by Gasteiger charge is -2.33. The van der Waals surface area contributed by atoms with Gasteiger partial charge in [-0.3, -0.25) is 14.5 Å². The van der Waals surface area contributed by atoms with Crippen molar-refractivity contribution in [3.63, 3.8) is 0 Å². The lowest BCUT2D eigenvalue weighted by molar-refractivity contribution is -0.123. The van der Waals surface area contributed by atoms with Crippen molar-refractivity contribution in [2.45, 2.75) is 38.4 Å². The molecule has 0 spiro atoms. The van der Waals surface area contributed by atoms with Crippen LogP contribution >= 0.6 is 12.4 Å². The van der Waals surface area contributed by atoms with Crippen molar-refractivity contribution in [2.24, 2.45) is 0 Å². The maximum absolute atomic E-state index is 12.2. The average molecular weight is 367 g/mol. The summed E-state index contributed by atoms with van der Waals surface area (Å²) in [6.45, 7) is 5.74. The maximum atomic E-state index is 12.2. The van der Waals surface area contributed by atoms with Crippen molar-refractivity contribution in [2.75, 3.05) is 26.2 Å². The third-order valence-electron chi connectivity index (χ3n) is 4.58. The molecule has 1 aromatic carbocycles. The molecule has 1 atom stereocenters. The second-order valence-corrected chi connectivity index (χ2v) is 6.75. The summed E-state index contributed by atoms with van der Waals surface area (Å²) in [4.78, 5) is 26.4. The van der Waals surface area contributed by atoms with E-state index in [2.05, 4.69) is 27.8 Å². The van der Waals surface area contributed by atoms with Crippen molar-refractivity contribution in [1.29, 1.82) is 0 Å². The van der Waals surface area contributed by atoms with Gasteiger partial charge < -0.3 is 16.0 Å². The third-order valence-corrected chi connectivity index (χ3v) is 4.58. The molecule has 7 heteroatoms. The minimum Gasteiger partial charge on any atom is -0.351 e. The third kappa shape index (κ3) is 5.99. The van der Waals surface area contributed by atoms with E-state index in [0.29, 0.717) is 30.7 Å². The van der Waals surface area contributed by atoms with E-state index in [0.717, 1.165) is 38.0 Å². The zero-order chi connectivity index (χ0) is 16.9. The van der Waals surface area contributed by atoms with E-state index in [1.54, 1.807) is 0 Å². The van der Waals surface area contributed by atoms with Gasteiger partial charge in [-0.2, -0.15) is 0 Å². The molecule has 138 valence electrons. The maximum Gasteiger partial charge on any atom is 0.251 e. The zero-order valence-corrected chi connectivity index (χ0v) is 15.4. The molecule has 1 saturated heterocycles. The fraction of sp³-hybridized carbons (Fsp3) is 0.556. The minimum absolute atomic E-state index is 0. The summed E-state index contributed by atoms with van der Waals surface area (Å²) in [5.74, 6) is -0.00287. The van der Waals surface area contributed by atoms with Gasteiger partial charge in [0, 0.05) is 43.8 Å². The van der Waals surface area contributed by atoms with E-state index < -0.39 is 0 Å². The van der Waals surface area contributed by atoms with Gasteiger partial charge in [-0.05, 0) is 37.5 Å². The predicted octanol–water partition coefficient (Wildman–Crippen LogP) is 0.911. The number of nitrogens with zero attached hydrogens (tertiary/aromatic N) is 1. The number of halogens is 1. The highest BCUT2D eigenvalue weighted by atomic mass is 35.5. The zero-order valence-electron chi connectivity index (χ0n) is 14.6. The highest BCUT2D eigenvalue weighted by molar-refractivity contribution is 5.94. The van der Waals surface area contributed by atoms with Crippen LogP contribution < -0.4 is 16.0 Å². The van der Waals surface area contributed by atoms with Gasteiger partial charge in [0.15, 0.2) is 0 Å². The summed E-state index contributed by atoms with van der Waals surface area (Å²) in [5, 5.41) is 9.25.